The first-order chi connectivity index (χ1) is 19.9. The van der Waals surface area contributed by atoms with E-state index in [0.717, 1.165) is 16.5 Å². The van der Waals surface area contributed by atoms with Crippen molar-refractivity contribution in [1.82, 2.24) is 14.9 Å². The van der Waals surface area contributed by atoms with Gasteiger partial charge in [-0.15, -0.1) is 0 Å². The summed E-state index contributed by atoms with van der Waals surface area (Å²) in [7, 11) is 0. The van der Waals surface area contributed by atoms with Crippen LogP contribution in [0.5, 0.6) is 0 Å². The van der Waals surface area contributed by atoms with E-state index in [-0.39, 0.29) is 29.8 Å². The predicted octanol–water partition coefficient (Wildman–Crippen LogP) is 5.34. The number of nitrogens with one attached hydrogen (secondary N) is 2. The Kier molecular flexibility index (Phi) is 8.51. The number of carbonyl (C=O) groups is 1. The summed E-state index contributed by atoms with van der Waals surface area (Å²) in [6.45, 7) is 8.71. The van der Waals surface area contributed by atoms with Crippen LogP contribution in [0.3, 0.4) is 0 Å². The van der Waals surface area contributed by atoms with Crippen LogP contribution in [0.25, 0.3) is 22.0 Å². The molecule has 1 amide bonds. The highest BCUT2D eigenvalue weighted by molar-refractivity contribution is 6.04. The van der Waals surface area contributed by atoms with Gasteiger partial charge in [-0.3, -0.25) is 9.69 Å². The number of aliphatic hydroxyl groups excluding tert-OH is 1. The Morgan fingerprint density at radius 1 is 1.05 bits per heavy atom. The molecule has 41 heavy (non-hydrogen) atoms. The van der Waals surface area contributed by atoms with Crippen LogP contribution < -0.4 is 15.5 Å². The van der Waals surface area contributed by atoms with Gasteiger partial charge >= 0.3 is 0 Å². The van der Waals surface area contributed by atoms with Crippen LogP contribution >= 0.6 is 0 Å². The predicted molar refractivity (Wildman–Crippen MR) is 158 cm³/mol. The lowest BCUT2D eigenvalue weighted by molar-refractivity contribution is -0.112. The van der Waals surface area contributed by atoms with Crippen LogP contribution in [-0.2, 0) is 4.79 Å². The second-order valence-corrected chi connectivity index (χ2v) is 9.87. The lowest BCUT2D eigenvalue weighted by Crippen LogP contribution is -2.47. The summed E-state index contributed by atoms with van der Waals surface area (Å²) >= 11 is 0. The van der Waals surface area contributed by atoms with Crippen molar-refractivity contribution < 1.29 is 18.7 Å². The van der Waals surface area contributed by atoms with Gasteiger partial charge in [0.2, 0.25) is 5.95 Å². The fourth-order valence-corrected chi connectivity index (χ4v) is 4.85. The fourth-order valence-electron chi connectivity index (χ4n) is 4.85. The number of aliphatic hydroxyl groups is 1. The first kappa shape index (κ1) is 28.1. The summed E-state index contributed by atoms with van der Waals surface area (Å²) in [5.74, 6) is -2.05. The van der Waals surface area contributed by atoms with Crippen LogP contribution in [0.4, 0.5) is 31.8 Å². The molecule has 212 valence electrons. The van der Waals surface area contributed by atoms with E-state index in [4.69, 9.17) is 5.11 Å². The van der Waals surface area contributed by atoms with Crippen LogP contribution in [0.15, 0.2) is 72.9 Å². The molecule has 1 fully saturated rings. The third kappa shape index (κ3) is 6.18. The molecule has 0 atom stereocenters. The SMILES string of the molecule is C=C(CC)C(=O)Nc1cccc(-c2cccc3cnc(Nc4ccc(N5CCN(CCO)CC5)c(F)c4F)nc23)c1. The summed E-state index contributed by atoms with van der Waals surface area (Å²) < 4.78 is 30.3. The van der Waals surface area contributed by atoms with Gasteiger partial charge in [-0.2, -0.15) is 0 Å². The number of carbonyl (C=O) groups excluding carboxylic acids is 1. The minimum absolute atomic E-state index is 0.0668. The summed E-state index contributed by atoms with van der Waals surface area (Å²) in [5, 5.41) is 15.6. The molecular weight excluding hydrogens is 526 g/mol. The zero-order valence-electron chi connectivity index (χ0n) is 22.8. The Balaban J connectivity index is 1.39. The van der Waals surface area contributed by atoms with Crippen LogP contribution in [0.1, 0.15) is 13.3 Å². The number of β-amino-alcohol motifs (C(OH)–C–C–N with tert-alkyl or cyclic N) is 1. The maximum atomic E-state index is 15.2. The fraction of sp³-hybridized carbons (Fsp3) is 0.258. The van der Waals surface area contributed by atoms with E-state index in [1.165, 1.54) is 6.07 Å². The number of hydrogen-bond acceptors (Lipinski definition) is 7. The molecule has 10 heteroatoms. The average Bonchev–Trinajstić information content (AvgIpc) is 2.99. The second-order valence-electron chi connectivity index (χ2n) is 9.87. The summed E-state index contributed by atoms with van der Waals surface area (Å²) in [6.07, 6.45) is 2.18. The summed E-state index contributed by atoms with van der Waals surface area (Å²) in [5.41, 5.74) is 3.47. The molecular formula is C31H32F2N6O2. The smallest absolute Gasteiger partial charge is 0.250 e. The lowest BCUT2D eigenvalue weighted by atomic mass is 10.0. The Bertz CT molecular complexity index is 1590. The quantitative estimate of drug-likeness (QED) is 0.239. The molecule has 5 rings (SSSR count). The number of hydrogen-bond donors (Lipinski definition) is 3. The molecule has 2 heterocycles. The third-order valence-corrected chi connectivity index (χ3v) is 7.23. The van der Waals surface area contributed by atoms with Crippen molar-refractivity contribution in [3.8, 4) is 11.1 Å². The van der Waals surface area contributed by atoms with Crippen molar-refractivity contribution >= 4 is 39.8 Å². The highest BCUT2D eigenvalue weighted by Gasteiger charge is 2.23. The monoisotopic (exact) mass is 558 g/mol. The average molecular weight is 559 g/mol. The maximum absolute atomic E-state index is 15.2. The molecule has 1 aliphatic heterocycles. The van der Waals surface area contributed by atoms with Crippen LogP contribution in [0.2, 0.25) is 0 Å². The van der Waals surface area contributed by atoms with Gasteiger partial charge in [0, 0.05) is 61.1 Å². The number of aromatic nitrogens is 2. The number of rotatable bonds is 9. The van der Waals surface area contributed by atoms with Gasteiger partial charge < -0.3 is 20.6 Å². The minimum Gasteiger partial charge on any atom is -0.395 e. The molecule has 0 unspecified atom stereocenters. The molecule has 0 radical (unpaired) electrons. The number of anilines is 4. The topological polar surface area (TPSA) is 93.6 Å². The zero-order valence-corrected chi connectivity index (χ0v) is 22.8. The molecule has 1 saturated heterocycles. The van der Waals surface area contributed by atoms with E-state index in [1.807, 2.05) is 48.2 Å². The van der Waals surface area contributed by atoms with E-state index in [9.17, 15) is 4.79 Å². The van der Waals surface area contributed by atoms with Crippen LogP contribution in [0, 0.1) is 11.6 Å². The van der Waals surface area contributed by atoms with Crippen molar-refractivity contribution in [2.45, 2.75) is 13.3 Å². The standard InChI is InChI=1S/C31H32F2N6O2/c1-3-20(2)30(41)35-23-8-4-6-21(18-23)24-9-5-7-22-19-34-31(37-29(22)24)36-25-10-11-26(28(33)27(25)32)39-14-12-38(13-15-39)16-17-40/h4-11,18-19,40H,2-3,12-17H2,1H3,(H,35,41)(H,34,36,37). The lowest BCUT2D eigenvalue weighted by Gasteiger charge is -2.36. The van der Waals surface area contributed by atoms with E-state index in [0.29, 0.717) is 55.9 Å². The maximum Gasteiger partial charge on any atom is 0.250 e. The molecule has 4 aromatic rings. The molecule has 0 spiro atoms. The zero-order chi connectivity index (χ0) is 28.9. The highest BCUT2D eigenvalue weighted by Crippen LogP contribution is 2.32. The first-order valence-electron chi connectivity index (χ1n) is 13.6. The van der Waals surface area contributed by atoms with Gasteiger partial charge in [0.25, 0.3) is 5.91 Å². The number of para-hydroxylation sites is 1. The first-order valence-corrected chi connectivity index (χ1v) is 13.6. The molecule has 3 N–H and O–H groups in total. The summed E-state index contributed by atoms with van der Waals surface area (Å²) in [4.78, 5) is 25.2. The Hall–Kier alpha value is -4.41. The Morgan fingerprint density at radius 2 is 1.83 bits per heavy atom. The number of fused-ring (bicyclic) bond motifs is 1. The number of piperazine rings is 1. The minimum atomic E-state index is -1.01. The molecule has 1 aromatic heterocycles. The molecule has 3 aromatic carbocycles. The van der Waals surface area contributed by atoms with Crippen molar-refractivity contribution in [3.05, 3.63) is 84.6 Å². The molecule has 1 aliphatic rings. The van der Waals surface area contributed by atoms with Crippen LogP contribution in [-0.4, -0.2) is 65.2 Å². The van der Waals surface area contributed by atoms with Gasteiger partial charge in [0.1, 0.15) is 0 Å². The van der Waals surface area contributed by atoms with Gasteiger partial charge in [-0.05, 0) is 36.2 Å². The number of amides is 1. The molecule has 0 aliphatic carbocycles. The summed E-state index contributed by atoms with van der Waals surface area (Å²) in [6, 6.07) is 16.1. The number of halogens is 2. The third-order valence-electron chi connectivity index (χ3n) is 7.23. The van der Waals surface area contributed by atoms with E-state index in [1.54, 1.807) is 18.3 Å². The van der Waals surface area contributed by atoms with E-state index < -0.39 is 11.6 Å². The van der Waals surface area contributed by atoms with Crippen molar-refractivity contribution in [3.63, 3.8) is 0 Å². The van der Waals surface area contributed by atoms with Gasteiger partial charge in [-0.25, -0.2) is 18.7 Å². The number of nitrogens with zero attached hydrogens (tertiary/aromatic N) is 4. The Labute approximate surface area is 237 Å². The number of benzene rings is 3. The second kappa shape index (κ2) is 12.4. The van der Waals surface area contributed by atoms with Crippen molar-refractivity contribution in [1.29, 1.82) is 0 Å². The van der Waals surface area contributed by atoms with E-state index >= 15 is 8.78 Å². The normalized spacial score (nSPS) is 13.8. The van der Waals surface area contributed by atoms with Gasteiger partial charge in [0.05, 0.1) is 23.5 Å². The van der Waals surface area contributed by atoms with Gasteiger partial charge in [0.15, 0.2) is 11.6 Å². The van der Waals surface area contributed by atoms with Crippen molar-refractivity contribution in [2.75, 3.05) is 54.9 Å². The van der Waals surface area contributed by atoms with Gasteiger partial charge in [-0.1, -0.05) is 43.8 Å². The largest absolute Gasteiger partial charge is 0.395 e. The Morgan fingerprint density at radius 3 is 2.59 bits per heavy atom. The molecule has 0 bridgehead atoms. The highest BCUT2D eigenvalue weighted by atomic mass is 19.2. The van der Waals surface area contributed by atoms with E-state index in [2.05, 4.69) is 32.1 Å². The van der Waals surface area contributed by atoms with Crippen molar-refractivity contribution in [2.24, 2.45) is 0 Å². The molecule has 0 saturated carbocycles. The molecule has 8 nitrogen and oxygen atoms in total.